The Morgan fingerprint density at radius 1 is 1.43 bits per heavy atom. The maximum Gasteiger partial charge on any atom is 0.255 e. The topological polar surface area (TPSA) is 65.5 Å². The first-order valence-corrected chi connectivity index (χ1v) is 7.72. The molecule has 0 unspecified atom stereocenters. The lowest BCUT2D eigenvalue weighted by atomic mass is 10.0. The number of aliphatic hydroxyl groups is 1. The first kappa shape index (κ1) is 15.8. The summed E-state index contributed by atoms with van der Waals surface area (Å²) in [6.07, 6.45) is 6.26. The van der Waals surface area contributed by atoms with Crippen molar-refractivity contribution < 1.29 is 9.90 Å². The van der Waals surface area contributed by atoms with Gasteiger partial charge in [0.05, 0.1) is 11.2 Å². The molecule has 0 radical (unpaired) electrons. The highest BCUT2D eigenvalue weighted by Gasteiger charge is 2.33. The zero-order valence-corrected chi connectivity index (χ0v) is 12.9. The summed E-state index contributed by atoms with van der Waals surface area (Å²) in [5.41, 5.74) is -0.151. The number of hydrogen-bond donors (Lipinski definition) is 2. The summed E-state index contributed by atoms with van der Waals surface area (Å²) in [6.45, 7) is 3.35. The number of likely N-dealkylation sites (N-methyl/N-ethyl adjacent to an activating group) is 1. The number of nitrogens with zero attached hydrogens (tertiary/aromatic N) is 2. The molecule has 2 rings (SSSR count). The Hall–Kier alpha value is -1.62. The Kier molecular flexibility index (Phi) is 5.17. The first-order valence-electron chi connectivity index (χ1n) is 7.72. The van der Waals surface area contributed by atoms with E-state index < -0.39 is 5.60 Å². The van der Waals surface area contributed by atoms with Crippen molar-refractivity contribution in [2.75, 3.05) is 25.5 Å². The fourth-order valence-electron chi connectivity index (χ4n) is 2.80. The second-order valence-electron chi connectivity index (χ2n) is 5.95. The van der Waals surface area contributed by atoms with E-state index in [4.69, 9.17) is 0 Å². The smallest absolute Gasteiger partial charge is 0.255 e. The summed E-state index contributed by atoms with van der Waals surface area (Å²) in [6, 6.07) is 3.60. The van der Waals surface area contributed by atoms with Gasteiger partial charge in [-0.25, -0.2) is 4.98 Å². The lowest BCUT2D eigenvalue weighted by Crippen LogP contribution is -2.42. The van der Waals surface area contributed by atoms with E-state index in [1.54, 1.807) is 24.2 Å². The molecule has 5 heteroatoms. The van der Waals surface area contributed by atoms with Crippen LogP contribution in [0.4, 0.5) is 5.82 Å². The number of aromatic nitrogens is 1. The SMILES string of the molecule is CCCNc1ccc(C(=O)N(C)CC2(O)CCCC2)cn1. The van der Waals surface area contributed by atoms with Crippen LogP contribution in [0.3, 0.4) is 0 Å². The quantitative estimate of drug-likeness (QED) is 0.844. The molecule has 0 saturated heterocycles. The summed E-state index contributed by atoms with van der Waals surface area (Å²) in [4.78, 5) is 18.2. The number of pyridine rings is 1. The third-order valence-corrected chi connectivity index (χ3v) is 3.98. The molecule has 1 saturated carbocycles. The van der Waals surface area contributed by atoms with Crippen molar-refractivity contribution in [3.05, 3.63) is 23.9 Å². The molecular weight excluding hydrogens is 266 g/mol. The van der Waals surface area contributed by atoms with Gasteiger partial charge in [-0.1, -0.05) is 19.8 Å². The van der Waals surface area contributed by atoms with Gasteiger partial charge in [-0.3, -0.25) is 4.79 Å². The second-order valence-corrected chi connectivity index (χ2v) is 5.95. The van der Waals surface area contributed by atoms with Crippen LogP contribution in [0.1, 0.15) is 49.4 Å². The van der Waals surface area contributed by atoms with E-state index in [0.29, 0.717) is 12.1 Å². The highest BCUT2D eigenvalue weighted by molar-refractivity contribution is 5.94. The number of nitrogens with one attached hydrogen (secondary N) is 1. The van der Waals surface area contributed by atoms with Crippen LogP contribution >= 0.6 is 0 Å². The number of rotatable bonds is 6. The van der Waals surface area contributed by atoms with Gasteiger partial charge in [-0.05, 0) is 31.4 Å². The Morgan fingerprint density at radius 2 is 2.14 bits per heavy atom. The van der Waals surface area contributed by atoms with Crippen LogP contribution in [0.25, 0.3) is 0 Å². The van der Waals surface area contributed by atoms with Crippen LogP contribution in [-0.2, 0) is 0 Å². The third-order valence-electron chi connectivity index (χ3n) is 3.98. The van der Waals surface area contributed by atoms with E-state index in [1.165, 1.54) is 0 Å². The van der Waals surface area contributed by atoms with Crippen LogP contribution in [0, 0.1) is 0 Å². The van der Waals surface area contributed by atoms with Crippen LogP contribution in [0.15, 0.2) is 18.3 Å². The van der Waals surface area contributed by atoms with Crippen LogP contribution in [0.5, 0.6) is 0 Å². The first-order chi connectivity index (χ1) is 10.0. The molecule has 5 nitrogen and oxygen atoms in total. The fraction of sp³-hybridized carbons (Fsp3) is 0.625. The molecule has 116 valence electrons. The highest BCUT2D eigenvalue weighted by Crippen LogP contribution is 2.30. The average molecular weight is 291 g/mol. The van der Waals surface area contributed by atoms with Gasteiger partial charge in [-0.15, -0.1) is 0 Å². The molecule has 1 aliphatic rings. The minimum atomic E-state index is -0.708. The maximum absolute atomic E-state index is 12.4. The van der Waals surface area contributed by atoms with Crippen molar-refractivity contribution in [1.82, 2.24) is 9.88 Å². The molecule has 1 aromatic heterocycles. The molecule has 21 heavy (non-hydrogen) atoms. The third kappa shape index (κ3) is 4.17. The summed E-state index contributed by atoms with van der Waals surface area (Å²) in [7, 11) is 1.74. The predicted octanol–water partition coefficient (Wildman–Crippen LogP) is 2.28. The molecule has 1 aliphatic carbocycles. The molecule has 0 aromatic carbocycles. The second kappa shape index (κ2) is 6.89. The van der Waals surface area contributed by atoms with Crippen LogP contribution in [-0.4, -0.2) is 46.6 Å². The number of carbonyl (C=O) groups excluding carboxylic acids is 1. The molecular formula is C16H25N3O2. The fourth-order valence-corrected chi connectivity index (χ4v) is 2.80. The summed E-state index contributed by atoms with van der Waals surface area (Å²) in [5.74, 6) is 0.690. The Bertz CT molecular complexity index is 467. The highest BCUT2D eigenvalue weighted by atomic mass is 16.3. The summed E-state index contributed by atoms with van der Waals surface area (Å²) in [5, 5.41) is 13.6. The average Bonchev–Trinajstić information content (AvgIpc) is 2.91. The lowest BCUT2D eigenvalue weighted by Gasteiger charge is -2.28. The van der Waals surface area contributed by atoms with E-state index in [0.717, 1.165) is 44.5 Å². The van der Waals surface area contributed by atoms with Gasteiger partial charge in [0.1, 0.15) is 5.82 Å². The zero-order valence-electron chi connectivity index (χ0n) is 12.9. The number of carbonyl (C=O) groups is 1. The monoisotopic (exact) mass is 291 g/mol. The lowest BCUT2D eigenvalue weighted by molar-refractivity contribution is 0.0156. The van der Waals surface area contributed by atoms with E-state index >= 15 is 0 Å². The molecule has 0 bridgehead atoms. The molecule has 1 amide bonds. The maximum atomic E-state index is 12.4. The van der Waals surface area contributed by atoms with Gasteiger partial charge in [0.25, 0.3) is 5.91 Å². The molecule has 1 aromatic rings. The van der Waals surface area contributed by atoms with E-state index in [2.05, 4.69) is 17.2 Å². The normalized spacial score (nSPS) is 16.7. The van der Waals surface area contributed by atoms with Crippen molar-refractivity contribution in [2.24, 2.45) is 0 Å². The zero-order chi connectivity index (χ0) is 15.3. The van der Waals surface area contributed by atoms with Gasteiger partial charge >= 0.3 is 0 Å². The summed E-state index contributed by atoms with van der Waals surface area (Å²) >= 11 is 0. The van der Waals surface area contributed by atoms with Gasteiger partial charge in [-0.2, -0.15) is 0 Å². The van der Waals surface area contributed by atoms with Crippen molar-refractivity contribution in [3.63, 3.8) is 0 Å². The van der Waals surface area contributed by atoms with Crippen molar-refractivity contribution in [2.45, 2.75) is 44.6 Å². The summed E-state index contributed by atoms with van der Waals surface area (Å²) < 4.78 is 0. The Balaban J connectivity index is 1.95. The van der Waals surface area contributed by atoms with Crippen molar-refractivity contribution >= 4 is 11.7 Å². The number of anilines is 1. The van der Waals surface area contributed by atoms with E-state index in [1.807, 2.05) is 6.07 Å². The molecule has 0 spiro atoms. The van der Waals surface area contributed by atoms with Gasteiger partial charge in [0, 0.05) is 26.3 Å². The largest absolute Gasteiger partial charge is 0.388 e. The minimum Gasteiger partial charge on any atom is -0.388 e. The molecule has 1 heterocycles. The molecule has 0 atom stereocenters. The number of amides is 1. The Labute approximate surface area is 126 Å². The van der Waals surface area contributed by atoms with Crippen LogP contribution in [0.2, 0.25) is 0 Å². The molecule has 1 fully saturated rings. The minimum absolute atomic E-state index is 0.0927. The standard InChI is InChI=1S/C16H25N3O2/c1-3-10-17-14-7-6-13(11-18-14)15(20)19(2)12-16(21)8-4-5-9-16/h6-7,11,21H,3-5,8-10,12H2,1-2H3,(H,17,18). The van der Waals surface area contributed by atoms with E-state index in [9.17, 15) is 9.90 Å². The van der Waals surface area contributed by atoms with Gasteiger partial charge in [0.15, 0.2) is 0 Å². The number of hydrogen-bond acceptors (Lipinski definition) is 4. The van der Waals surface area contributed by atoms with E-state index in [-0.39, 0.29) is 5.91 Å². The molecule has 0 aliphatic heterocycles. The molecule has 2 N–H and O–H groups in total. The van der Waals surface area contributed by atoms with Crippen molar-refractivity contribution in [1.29, 1.82) is 0 Å². The van der Waals surface area contributed by atoms with Gasteiger partial charge < -0.3 is 15.3 Å². The van der Waals surface area contributed by atoms with Crippen LogP contribution < -0.4 is 5.32 Å². The van der Waals surface area contributed by atoms with Gasteiger partial charge in [0.2, 0.25) is 0 Å². The Morgan fingerprint density at radius 3 is 2.71 bits per heavy atom. The van der Waals surface area contributed by atoms with Crippen molar-refractivity contribution in [3.8, 4) is 0 Å². The predicted molar refractivity (Wildman–Crippen MR) is 83.4 cm³/mol.